The van der Waals surface area contributed by atoms with E-state index in [4.69, 9.17) is 9.47 Å². The van der Waals surface area contributed by atoms with Crippen LogP contribution in [0.15, 0.2) is 72.8 Å². The fraction of sp³-hybridized carbons (Fsp3) is 0.182. The normalized spacial score (nSPS) is 10.8. The fourth-order valence-corrected chi connectivity index (χ4v) is 2.78. The summed E-state index contributed by atoms with van der Waals surface area (Å²) < 4.78 is 10.3. The van der Waals surface area contributed by atoms with Crippen molar-refractivity contribution >= 4 is 0 Å². The molecule has 0 N–H and O–H groups in total. The number of rotatable bonds is 6. The van der Waals surface area contributed by atoms with Crippen LogP contribution in [0.25, 0.3) is 22.3 Å². The van der Waals surface area contributed by atoms with Gasteiger partial charge in [-0.15, -0.1) is 0 Å². The first-order valence-electron chi connectivity index (χ1n) is 8.07. The summed E-state index contributed by atoms with van der Waals surface area (Å²) >= 11 is 0. The highest BCUT2D eigenvalue weighted by Gasteiger charge is 2.01. The molecule has 0 heterocycles. The van der Waals surface area contributed by atoms with Crippen LogP contribution >= 0.6 is 0 Å². The SMILES string of the molecule is COCc1ccc(-c2ccc(-c3ccc(COC)cc3)cc2)cc1. The number of hydrogen-bond acceptors (Lipinski definition) is 2. The van der Waals surface area contributed by atoms with E-state index >= 15 is 0 Å². The van der Waals surface area contributed by atoms with Gasteiger partial charge in [0, 0.05) is 14.2 Å². The van der Waals surface area contributed by atoms with E-state index in [1.54, 1.807) is 14.2 Å². The van der Waals surface area contributed by atoms with E-state index in [2.05, 4.69) is 72.8 Å². The Morgan fingerprint density at radius 2 is 0.708 bits per heavy atom. The van der Waals surface area contributed by atoms with E-state index in [0.717, 1.165) is 0 Å². The van der Waals surface area contributed by atoms with E-state index in [9.17, 15) is 0 Å². The summed E-state index contributed by atoms with van der Waals surface area (Å²) in [4.78, 5) is 0. The molecule has 0 fully saturated rings. The van der Waals surface area contributed by atoms with Crippen molar-refractivity contribution in [2.24, 2.45) is 0 Å². The molecule has 2 nitrogen and oxygen atoms in total. The van der Waals surface area contributed by atoms with Gasteiger partial charge < -0.3 is 9.47 Å². The van der Waals surface area contributed by atoms with Crippen molar-refractivity contribution in [1.29, 1.82) is 0 Å². The lowest BCUT2D eigenvalue weighted by molar-refractivity contribution is 0.185. The number of methoxy groups -OCH3 is 2. The Morgan fingerprint density at radius 3 is 0.958 bits per heavy atom. The first-order chi connectivity index (χ1) is 11.8. The van der Waals surface area contributed by atoms with Gasteiger partial charge in [0.05, 0.1) is 13.2 Å². The Bertz CT molecular complexity index is 688. The maximum atomic E-state index is 5.15. The molecule has 0 unspecified atom stereocenters. The maximum absolute atomic E-state index is 5.15. The van der Waals surface area contributed by atoms with Gasteiger partial charge in [-0.1, -0.05) is 72.8 Å². The van der Waals surface area contributed by atoms with E-state index in [0.29, 0.717) is 13.2 Å². The second-order valence-electron chi connectivity index (χ2n) is 5.84. The molecule has 122 valence electrons. The lowest BCUT2D eigenvalue weighted by Gasteiger charge is -2.07. The molecule has 24 heavy (non-hydrogen) atoms. The van der Waals surface area contributed by atoms with E-state index in [1.165, 1.54) is 33.4 Å². The van der Waals surface area contributed by atoms with Crippen LogP contribution in [-0.4, -0.2) is 14.2 Å². The summed E-state index contributed by atoms with van der Waals surface area (Å²) in [6.07, 6.45) is 0. The third kappa shape index (κ3) is 3.91. The number of benzene rings is 3. The Morgan fingerprint density at radius 1 is 0.458 bits per heavy atom. The molecule has 0 atom stereocenters. The highest BCUT2D eigenvalue weighted by Crippen LogP contribution is 2.25. The Labute approximate surface area is 143 Å². The van der Waals surface area contributed by atoms with Crippen molar-refractivity contribution < 1.29 is 9.47 Å². The van der Waals surface area contributed by atoms with Gasteiger partial charge in [-0.25, -0.2) is 0 Å². The summed E-state index contributed by atoms with van der Waals surface area (Å²) in [6, 6.07) is 25.7. The molecule has 0 radical (unpaired) electrons. The molecule has 3 rings (SSSR count). The second kappa shape index (κ2) is 7.91. The van der Waals surface area contributed by atoms with Crippen LogP contribution in [-0.2, 0) is 22.7 Å². The van der Waals surface area contributed by atoms with Crippen LogP contribution < -0.4 is 0 Å². The largest absolute Gasteiger partial charge is 0.380 e. The monoisotopic (exact) mass is 318 g/mol. The fourth-order valence-electron chi connectivity index (χ4n) is 2.78. The van der Waals surface area contributed by atoms with Gasteiger partial charge in [0.25, 0.3) is 0 Å². The number of ether oxygens (including phenoxy) is 2. The van der Waals surface area contributed by atoms with Crippen molar-refractivity contribution in [2.45, 2.75) is 13.2 Å². The quantitative estimate of drug-likeness (QED) is 0.613. The zero-order valence-electron chi connectivity index (χ0n) is 14.2. The summed E-state index contributed by atoms with van der Waals surface area (Å²) in [7, 11) is 3.43. The average Bonchev–Trinajstić information content (AvgIpc) is 2.64. The molecule has 0 bridgehead atoms. The Balaban J connectivity index is 1.77. The van der Waals surface area contributed by atoms with Gasteiger partial charge in [0.15, 0.2) is 0 Å². The summed E-state index contributed by atoms with van der Waals surface area (Å²) in [5.74, 6) is 0. The van der Waals surface area contributed by atoms with Gasteiger partial charge in [-0.3, -0.25) is 0 Å². The molecular weight excluding hydrogens is 296 g/mol. The van der Waals surface area contributed by atoms with E-state index in [1.807, 2.05) is 0 Å². The van der Waals surface area contributed by atoms with Gasteiger partial charge in [-0.2, -0.15) is 0 Å². The van der Waals surface area contributed by atoms with Crippen LogP contribution in [0.1, 0.15) is 11.1 Å². The maximum Gasteiger partial charge on any atom is 0.0713 e. The van der Waals surface area contributed by atoms with Crippen molar-refractivity contribution in [3.05, 3.63) is 83.9 Å². The molecule has 0 amide bonds. The van der Waals surface area contributed by atoms with Crippen LogP contribution in [0.5, 0.6) is 0 Å². The smallest absolute Gasteiger partial charge is 0.0713 e. The minimum absolute atomic E-state index is 0.651. The standard InChI is InChI=1S/C22H22O2/c1-23-15-17-3-7-19(8-4-17)21-11-13-22(14-12-21)20-9-5-18(6-10-20)16-24-2/h3-14H,15-16H2,1-2H3. The highest BCUT2D eigenvalue weighted by molar-refractivity contribution is 5.70. The molecule has 0 aromatic heterocycles. The predicted molar refractivity (Wildman–Crippen MR) is 98.7 cm³/mol. The topological polar surface area (TPSA) is 18.5 Å². The zero-order valence-corrected chi connectivity index (χ0v) is 14.2. The van der Waals surface area contributed by atoms with Gasteiger partial charge in [0.2, 0.25) is 0 Å². The molecule has 0 aliphatic rings. The van der Waals surface area contributed by atoms with Gasteiger partial charge in [-0.05, 0) is 33.4 Å². The van der Waals surface area contributed by atoms with E-state index < -0.39 is 0 Å². The first-order valence-corrected chi connectivity index (χ1v) is 8.07. The molecule has 0 aliphatic heterocycles. The predicted octanol–water partition coefficient (Wildman–Crippen LogP) is 5.31. The second-order valence-corrected chi connectivity index (χ2v) is 5.84. The summed E-state index contributed by atoms with van der Waals surface area (Å²) in [5.41, 5.74) is 7.26. The molecular formula is C22H22O2. The highest BCUT2D eigenvalue weighted by atomic mass is 16.5. The molecule has 0 saturated carbocycles. The van der Waals surface area contributed by atoms with Crippen molar-refractivity contribution in [2.75, 3.05) is 14.2 Å². The lowest BCUT2D eigenvalue weighted by Crippen LogP contribution is -1.88. The van der Waals surface area contributed by atoms with E-state index in [-0.39, 0.29) is 0 Å². The Kier molecular flexibility index (Phi) is 5.42. The van der Waals surface area contributed by atoms with Crippen LogP contribution in [0.4, 0.5) is 0 Å². The van der Waals surface area contributed by atoms with Crippen molar-refractivity contribution in [3.63, 3.8) is 0 Å². The van der Waals surface area contributed by atoms with Gasteiger partial charge in [0.1, 0.15) is 0 Å². The third-order valence-corrected chi connectivity index (χ3v) is 4.08. The minimum Gasteiger partial charge on any atom is -0.380 e. The minimum atomic E-state index is 0.651. The number of hydrogen-bond donors (Lipinski definition) is 0. The van der Waals surface area contributed by atoms with Crippen molar-refractivity contribution in [3.8, 4) is 22.3 Å². The molecule has 2 heteroatoms. The molecule has 3 aromatic rings. The molecule has 0 spiro atoms. The molecule has 3 aromatic carbocycles. The van der Waals surface area contributed by atoms with Crippen LogP contribution in [0.2, 0.25) is 0 Å². The average molecular weight is 318 g/mol. The lowest BCUT2D eigenvalue weighted by atomic mass is 9.99. The third-order valence-electron chi connectivity index (χ3n) is 4.08. The summed E-state index contributed by atoms with van der Waals surface area (Å²) in [5, 5.41) is 0. The Hall–Kier alpha value is -2.42. The van der Waals surface area contributed by atoms with Gasteiger partial charge >= 0.3 is 0 Å². The molecule has 0 saturated heterocycles. The van der Waals surface area contributed by atoms with Crippen molar-refractivity contribution in [1.82, 2.24) is 0 Å². The summed E-state index contributed by atoms with van der Waals surface area (Å²) in [6.45, 7) is 1.30. The van der Waals surface area contributed by atoms with Crippen LogP contribution in [0, 0.1) is 0 Å². The van der Waals surface area contributed by atoms with Crippen LogP contribution in [0.3, 0.4) is 0 Å². The zero-order chi connectivity index (χ0) is 16.8. The molecule has 0 aliphatic carbocycles. The first kappa shape index (κ1) is 16.4.